The second-order valence-corrected chi connectivity index (χ2v) is 8.20. The molecule has 0 saturated heterocycles. The van der Waals surface area contributed by atoms with Crippen molar-refractivity contribution in [3.8, 4) is 0 Å². The lowest BCUT2D eigenvalue weighted by Crippen LogP contribution is -2.51. The molecular formula is C18H34. The fourth-order valence-corrected chi connectivity index (χ4v) is 5.65. The highest BCUT2D eigenvalue weighted by atomic mass is 14.6. The van der Waals surface area contributed by atoms with Gasteiger partial charge in [-0.15, -0.1) is 0 Å². The average Bonchev–Trinajstić information content (AvgIpc) is 2.27. The van der Waals surface area contributed by atoms with Crippen LogP contribution in [-0.2, 0) is 0 Å². The van der Waals surface area contributed by atoms with E-state index in [0.717, 1.165) is 17.8 Å². The molecule has 2 saturated carbocycles. The summed E-state index contributed by atoms with van der Waals surface area (Å²) in [5.74, 6) is 2.94. The normalized spacial score (nSPS) is 43.5. The summed E-state index contributed by atoms with van der Waals surface area (Å²) in [5.41, 5.74) is 1.24. The Morgan fingerprint density at radius 1 is 1.06 bits per heavy atom. The highest BCUT2D eigenvalue weighted by molar-refractivity contribution is 5.02. The fraction of sp³-hybridized carbons (Fsp3) is 1.00. The third-order valence-electron chi connectivity index (χ3n) is 6.59. The Labute approximate surface area is 115 Å². The quantitative estimate of drug-likeness (QED) is 0.571. The molecule has 0 amide bonds. The third kappa shape index (κ3) is 2.37. The van der Waals surface area contributed by atoms with E-state index in [1.165, 1.54) is 51.4 Å². The van der Waals surface area contributed by atoms with Gasteiger partial charge in [0.1, 0.15) is 0 Å². The van der Waals surface area contributed by atoms with Crippen molar-refractivity contribution in [2.75, 3.05) is 0 Å². The summed E-state index contributed by atoms with van der Waals surface area (Å²) in [6.07, 6.45) is 11.7. The molecule has 18 heavy (non-hydrogen) atoms. The molecule has 0 heterocycles. The van der Waals surface area contributed by atoms with E-state index < -0.39 is 0 Å². The largest absolute Gasteiger partial charge is 0.0654 e. The van der Waals surface area contributed by atoms with Crippen molar-refractivity contribution >= 4 is 0 Å². The van der Waals surface area contributed by atoms with Gasteiger partial charge >= 0.3 is 0 Å². The summed E-state index contributed by atoms with van der Waals surface area (Å²) in [7, 11) is 0. The SMILES string of the molecule is CCCC[C@H]1[C@@H](C)CC[C@H]2C(C)(C)CCC[C@]12C. The summed E-state index contributed by atoms with van der Waals surface area (Å²) in [6.45, 7) is 12.6. The van der Waals surface area contributed by atoms with Crippen LogP contribution in [0.2, 0.25) is 0 Å². The van der Waals surface area contributed by atoms with Crippen molar-refractivity contribution in [3.05, 3.63) is 0 Å². The molecule has 0 N–H and O–H groups in total. The fourth-order valence-electron chi connectivity index (χ4n) is 5.65. The Hall–Kier alpha value is 0. The van der Waals surface area contributed by atoms with Crippen molar-refractivity contribution < 1.29 is 0 Å². The Morgan fingerprint density at radius 2 is 1.78 bits per heavy atom. The Balaban J connectivity index is 2.22. The lowest BCUT2D eigenvalue weighted by Gasteiger charge is -2.59. The van der Waals surface area contributed by atoms with Crippen molar-refractivity contribution in [2.45, 2.75) is 86.0 Å². The predicted octanol–water partition coefficient (Wildman–Crippen LogP) is 6.06. The highest BCUT2D eigenvalue weighted by Crippen LogP contribution is 2.61. The number of hydrogen-bond donors (Lipinski definition) is 0. The second-order valence-electron chi connectivity index (χ2n) is 8.20. The molecule has 0 nitrogen and oxygen atoms in total. The van der Waals surface area contributed by atoms with Crippen LogP contribution in [-0.4, -0.2) is 0 Å². The van der Waals surface area contributed by atoms with Gasteiger partial charge in [-0.2, -0.15) is 0 Å². The molecule has 2 aliphatic rings. The zero-order valence-corrected chi connectivity index (χ0v) is 13.4. The van der Waals surface area contributed by atoms with E-state index in [-0.39, 0.29) is 0 Å². The highest BCUT2D eigenvalue weighted by Gasteiger charge is 2.53. The molecule has 0 radical (unpaired) electrons. The Morgan fingerprint density at radius 3 is 2.44 bits per heavy atom. The van der Waals surface area contributed by atoms with Gasteiger partial charge in [-0.1, -0.05) is 60.3 Å². The van der Waals surface area contributed by atoms with Crippen LogP contribution in [0.3, 0.4) is 0 Å². The van der Waals surface area contributed by atoms with Crippen LogP contribution in [0.15, 0.2) is 0 Å². The maximum atomic E-state index is 2.65. The topological polar surface area (TPSA) is 0 Å². The van der Waals surface area contributed by atoms with Crippen LogP contribution in [0.25, 0.3) is 0 Å². The Kier molecular flexibility index (Phi) is 4.14. The number of unbranched alkanes of at least 4 members (excludes halogenated alkanes) is 1. The van der Waals surface area contributed by atoms with Crippen LogP contribution in [0.1, 0.15) is 86.0 Å². The lowest BCUT2D eigenvalue weighted by molar-refractivity contribution is -0.0963. The van der Waals surface area contributed by atoms with E-state index >= 15 is 0 Å². The molecule has 2 aliphatic carbocycles. The first-order valence-corrected chi connectivity index (χ1v) is 8.42. The van der Waals surface area contributed by atoms with Crippen molar-refractivity contribution in [1.29, 1.82) is 0 Å². The molecule has 4 atom stereocenters. The maximum absolute atomic E-state index is 2.65. The van der Waals surface area contributed by atoms with E-state index in [9.17, 15) is 0 Å². The smallest absolute Gasteiger partial charge is 0.0262 e. The molecule has 0 aliphatic heterocycles. The van der Waals surface area contributed by atoms with Gasteiger partial charge in [0.25, 0.3) is 0 Å². The van der Waals surface area contributed by atoms with Gasteiger partial charge in [-0.3, -0.25) is 0 Å². The van der Waals surface area contributed by atoms with Gasteiger partial charge in [0.15, 0.2) is 0 Å². The zero-order chi connectivity index (χ0) is 13.4. The monoisotopic (exact) mass is 250 g/mol. The van der Waals surface area contributed by atoms with Gasteiger partial charge in [0, 0.05) is 0 Å². The molecule has 0 unspecified atom stereocenters. The maximum Gasteiger partial charge on any atom is -0.0262 e. The summed E-state index contributed by atoms with van der Waals surface area (Å²) in [4.78, 5) is 0. The van der Waals surface area contributed by atoms with E-state index in [2.05, 4.69) is 34.6 Å². The molecule has 0 aromatic carbocycles. The molecule has 0 heteroatoms. The summed E-state index contributed by atoms with van der Waals surface area (Å²) in [5, 5.41) is 0. The van der Waals surface area contributed by atoms with Crippen LogP contribution in [0.5, 0.6) is 0 Å². The first-order valence-electron chi connectivity index (χ1n) is 8.42. The van der Waals surface area contributed by atoms with E-state index in [1.807, 2.05) is 0 Å². The second kappa shape index (κ2) is 5.17. The van der Waals surface area contributed by atoms with Crippen LogP contribution in [0.4, 0.5) is 0 Å². The molecule has 0 spiro atoms. The molecular weight excluding hydrogens is 216 g/mol. The van der Waals surface area contributed by atoms with Gasteiger partial charge in [0.05, 0.1) is 0 Å². The van der Waals surface area contributed by atoms with E-state index in [4.69, 9.17) is 0 Å². The zero-order valence-electron chi connectivity index (χ0n) is 13.4. The molecule has 0 aromatic heterocycles. The molecule has 2 rings (SSSR count). The van der Waals surface area contributed by atoms with Crippen LogP contribution >= 0.6 is 0 Å². The van der Waals surface area contributed by atoms with Gasteiger partial charge in [-0.05, 0) is 54.3 Å². The molecule has 106 valence electrons. The summed E-state index contributed by atoms with van der Waals surface area (Å²) >= 11 is 0. The van der Waals surface area contributed by atoms with Gasteiger partial charge < -0.3 is 0 Å². The van der Waals surface area contributed by atoms with Crippen molar-refractivity contribution in [2.24, 2.45) is 28.6 Å². The number of hydrogen-bond acceptors (Lipinski definition) is 0. The minimum absolute atomic E-state index is 0.595. The summed E-state index contributed by atoms with van der Waals surface area (Å²) < 4.78 is 0. The standard InChI is InChI=1S/C18H34/c1-6-7-9-15-14(2)10-11-16-17(3,4)12-8-13-18(15,16)5/h14-16H,6-13H2,1-5H3/t14-,15-,16-,18+/m0/s1. The van der Waals surface area contributed by atoms with Crippen LogP contribution < -0.4 is 0 Å². The van der Waals surface area contributed by atoms with E-state index in [0.29, 0.717) is 10.8 Å². The van der Waals surface area contributed by atoms with Gasteiger partial charge in [0.2, 0.25) is 0 Å². The minimum Gasteiger partial charge on any atom is -0.0654 e. The van der Waals surface area contributed by atoms with E-state index in [1.54, 1.807) is 0 Å². The van der Waals surface area contributed by atoms with Crippen LogP contribution in [0, 0.1) is 28.6 Å². The minimum atomic E-state index is 0.595. The van der Waals surface area contributed by atoms with Crippen molar-refractivity contribution in [1.82, 2.24) is 0 Å². The first kappa shape index (κ1) is 14.4. The Bertz CT molecular complexity index is 278. The predicted molar refractivity (Wildman–Crippen MR) is 80.6 cm³/mol. The molecule has 0 aromatic rings. The first-order chi connectivity index (χ1) is 8.42. The third-order valence-corrected chi connectivity index (χ3v) is 6.59. The molecule has 0 bridgehead atoms. The number of rotatable bonds is 3. The van der Waals surface area contributed by atoms with Gasteiger partial charge in [-0.25, -0.2) is 0 Å². The lowest BCUT2D eigenvalue weighted by atomic mass is 9.46. The summed E-state index contributed by atoms with van der Waals surface area (Å²) in [6, 6.07) is 0. The molecule has 2 fully saturated rings. The van der Waals surface area contributed by atoms with Crippen molar-refractivity contribution in [3.63, 3.8) is 0 Å². The average molecular weight is 250 g/mol. The number of fused-ring (bicyclic) bond motifs is 1.